The molecular formula is C28H27F5N2. The number of hydrogen-bond acceptors (Lipinski definition) is 1. The average molecular weight is 487 g/mol. The highest BCUT2D eigenvalue weighted by atomic mass is 19.4. The fourth-order valence-corrected chi connectivity index (χ4v) is 7.07. The van der Waals surface area contributed by atoms with E-state index >= 15 is 8.78 Å². The summed E-state index contributed by atoms with van der Waals surface area (Å²) in [6.45, 7) is 4.18. The number of allylic oxidation sites excluding steroid dienone is 1. The minimum Gasteiger partial charge on any atom is -0.357 e. The number of para-hydroxylation sites is 1. The second-order valence-electron chi connectivity index (χ2n) is 10.9. The van der Waals surface area contributed by atoms with Crippen LogP contribution in [0.2, 0.25) is 0 Å². The van der Waals surface area contributed by atoms with Crippen molar-refractivity contribution in [2.75, 3.05) is 6.54 Å². The van der Waals surface area contributed by atoms with E-state index in [0.29, 0.717) is 18.5 Å². The molecule has 1 aromatic heterocycles. The van der Waals surface area contributed by atoms with E-state index in [2.05, 4.69) is 4.98 Å². The second kappa shape index (κ2) is 7.42. The Balaban J connectivity index is 1.45. The van der Waals surface area contributed by atoms with E-state index in [1.807, 2.05) is 36.1 Å². The Morgan fingerprint density at radius 1 is 1.09 bits per heavy atom. The molecule has 3 aromatic rings. The average Bonchev–Trinajstić information content (AvgIpc) is 3.07. The number of alkyl halides is 3. The van der Waals surface area contributed by atoms with Gasteiger partial charge in [-0.15, -0.1) is 0 Å². The topological polar surface area (TPSA) is 19.0 Å². The third-order valence-electron chi connectivity index (χ3n) is 8.51. The maximum atomic E-state index is 15.6. The molecule has 2 bridgehead atoms. The first-order valence-electron chi connectivity index (χ1n) is 12.1. The number of halogens is 5. The van der Waals surface area contributed by atoms with E-state index in [1.54, 1.807) is 19.1 Å². The SMILES string of the molecule is C/C=C/c1cc(F)c([C@@H]2c3[nH]c4ccccc4c3C[C@@H](C)N2CC23CC(C(F)(F)F)(C2)C3)c(F)c1. The number of nitrogens with zero attached hydrogens (tertiary/aromatic N) is 1. The van der Waals surface area contributed by atoms with E-state index in [9.17, 15) is 13.2 Å². The minimum atomic E-state index is -4.19. The molecule has 184 valence electrons. The van der Waals surface area contributed by atoms with Gasteiger partial charge in [0.05, 0.1) is 11.5 Å². The number of nitrogens with one attached hydrogen (secondary N) is 1. The highest BCUT2D eigenvalue weighted by Crippen LogP contribution is 2.78. The van der Waals surface area contributed by atoms with Crippen molar-refractivity contribution >= 4 is 17.0 Å². The zero-order valence-electron chi connectivity index (χ0n) is 19.6. The summed E-state index contributed by atoms with van der Waals surface area (Å²) in [5.41, 5.74) is 1.04. The van der Waals surface area contributed by atoms with Crippen molar-refractivity contribution in [1.29, 1.82) is 0 Å². The molecule has 0 amide bonds. The summed E-state index contributed by atoms with van der Waals surface area (Å²) >= 11 is 0. The summed E-state index contributed by atoms with van der Waals surface area (Å²) in [7, 11) is 0. The van der Waals surface area contributed by atoms with Crippen molar-refractivity contribution in [3.63, 3.8) is 0 Å². The Hall–Kier alpha value is -2.67. The number of hydrogen-bond donors (Lipinski definition) is 1. The van der Waals surface area contributed by atoms with E-state index in [4.69, 9.17) is 0 Å². The lowest BCUT2D eigenvalue weighted by molar-refractivity contribution is -0.366. The number of benzene rings is 2. The molecule has 2 atom stereocenters. The van der Waals surface area contributed by atoms with Crippen LogP contribution in [0.4, 0.5) is 22.0 Å². The van der Waals surface area contributed by atoms with E-state index in [1.165, 1.54) is 12.1 Å². The highest BCUT2D eigenvalue weighted by molar-refractivity contribution is 5.85. The monoisotopic (exact) mass is 486 g/mol. The fraction of sp³-hybridized carbons (Fsp3) is 0.429. The lowest BCUT2D eigenvalue weighted by Gasteiger charge is -2.72. The third-order valence-corrected chi connectivity index (χ3v) is 8.51. The normalized spacial score (nSPS) is 30.4. The smallest absolute Gasteiger partial charge is 0.357 e. The van der Waals surface area contributed by atoms with Crippen molar-refractivity contribution in [2.24, 2.45) is 10.8 Å². The first-order valence-corrected chi connectivity index (χ1v) is 12.1. The molecule has 4 aliphatic rings. The Morgan fingerprint density at radius 3 is 2.37 bits per heavy atom. The van der Waals surface area contributed by atoms with Crippen LogP contribution < -0.4 is 0 Å². The third kappa shape index (κ3) is 3.23. The summed E-state index contributed by atoms with van der Waals surface area (Å²) < 4.78 is 71.6. The molecule has 1 N–H and O–H groups in total. The molecule has 0 spiro atoms. The van der Waals surface area contributed by atoms with Crippen LogP contribution in [-0.2, 0) is 6.42 Å². The molecule has 1 aliphatic heterocycles. The van der Waals surface area contributed by atoms with Crippen molar-refractivity contribution in [1.82, 2.24) is 9.88 Å². The molecule has 0 unspecified atom stereocenters. The van der Waals surface area contributed by atoms with Crippen LogP contribution in [0.3, 0.4) is 0 Å². The van der Waals surface area contributed by atoms with Gasteiger partial charge in [0.2, 0.25) is 0 Å². The van der Waals surface area contributed by atoms with Crippen LogP contribution in [0.1, 0.15) is 61.5 Å². The van der Waals surface area contributed by atoms with Gasteiger partial charge in [-0.25, -0.2) is 8.78 Å². The maximum Gasteiger partial charge on any atom is 0.394 e. The Labute approximate surface area is 200 Å². The Morgan fingerprint density at radius 2 is 1.74 bits per heavy atom. The van der Waals surface area contributed by atoms with Crippen LogP contribution in [-0.4, -0.2) is 28.6 Å². The zero-order valence-corrected chi connectivity index (χ0v) is 19.6. The Kier molecular flexibility index (Phi) is 4.83. The van der Waals surface area contributed by atoms with Crippen LogP contribution in [0.5, 0.6) is 0 Å². The molecule has 7 heteroatoms. The number of H-pyrrole nitrogens is 1. The van der Waals surface area contributed by atoms with E-state index in [0.717, 1.165) is 22.2 Å². The summed E-state index contributed by atoms with van der Waals surface area (Å²) in [4.78, 5) is 5.44. The predicted octanol–water partition coefficient (Wildman–Crippen LogP) is 7.55. The van der Waals surface area contributed by atoms with E-state index < -0.39 is 34.7 Å². The molecular weight excluding hydrogens is 459 g/mol. The largest absolute Gasteiger partial charge is 0.394 e. The van der Waals surface area contributed by atoms with Crippen LogP contribution >= 0.6 is 0 Å². The van der Waals surface area contributed by atoms with Gasteiger partial charge in [0.25, 0.3) is 0 Å². The molecule has 2 aromatic carbocycles. The number of aromatic nitrogens is 1. The molecule has 0 saturated heterocycles. The van der Waals surface area contributed by atoms with Gasteiger partial charge < -0.3 is 4.98 Å². The van der Waals surface area contributed by atoms with Gasteiger partial charge in [-0.05, 0) is 74.3 Å². The van der Waals surface area contributed by atoms with Crippen molar-refractivity contribution in [3.8, 4) is 0 Å². The van der Waals surface area contributed by atoms with Crippen molar-refractivity contribution < 1.29 is 22.0 Å². The Bertz CT molecular complexity index is 1310. The second-order valence-corrected chi connectivity index (χ2v) is 10.9. The van der Waals surface area contributed by atoms with E-state index in [-0.39, 0.29) is 30.9 Å². The molecule has 3 saturated carbocycles. The highest BCUT2D eigenvalue weighted by Gasteiger charge is 2.78. The van der Waals surface area contributed by atoms with Gasteiger partial charge >= 0.3 is 6.18 Å². The number of aromatic amines is 1. The summed E-state index contributed by atoms with van der Waals surface area (Å²) in [6, 6.07) is 9.62. The van der Waals surface area contributed by atoms with Crippen LogP contribution in [0.15, 0.2) is 42.5 Å². The van der Waals surface area contributed by atoms with Gasteiger partial charge in [-0.3, -0.25) is 4.90 Å². The molecule has 7 rings (SSSR count). The molecule has 2 nitrogen and oxygen atoms in total. The number of fused-ring (bicyclic) bond motifs is 3. The van der Waals surface area contributed by atoms with Gasteiger partial charge in [-0.2, -0.15) is 13.2 Å². The van der Waals surface area contributed by atoms with Gasteiger partial charge in [0.1, 0.15) is 11.6 Å². The summed E-state index contributed by atoms with van der Waals surface area (Å²) in [6.07, 6.45) is 0.142. The molecule has 3 aliphatic carbocycles. The maximum absolute atomic E-state index is 15.6. The zero-order chi connectivity index (χ0) is 24.8. The van der Waals surface area contributed by atoms with Gasteiger partial charge in [0, 0.05) is 34.7 Å². The first kappa shape index (κ1) is 22.8. The molecule has 3 fully saturated rings. The molecule has 0 radical (unpaired) electrons. The van der Waals surface area contributed by atoms with Crippen LogP contribution in [0, 0.1) is 22.5 Å². The fourth-order valence-electron chi connectivity index (χ4n) is 7.07. The van der Waals surface area contributed by atoms with Crippen molar-refractivity contribution in [3.05, 3.63) is 76.5 Å². The molecule has 35 heavy (non-hydrogen) atoms. The van der Waals surface area contributed by atoms with Gasteiger partial charge in [0.15, 0.2) is 0 Å². The molecule has 2 heterocycles. The summed E-state index contributed by atoms with van der Waals surface area (Å²) in [5.74, 6) is -1.28. The first-order chi connectivity index (χ1) is 16.6. The standard InChI is InChI=1S/C28H27F5N2/c1-3-6-17-10-20(29)23(21(30)11-17)25-24-19(18-7-4-5-8-22(18)34-24)9-16(2)35(25)15-26-12-27(13-26,14-26)28(31,32)33/h3-8,10-11,16,25,34H,9,12-15H2,1-2H3/b6-3+/t16-,25-,26?,27?/m1/s1. The van der Waals surface area contributed by atoms with Crippen molar-refractivity contribution in [2.45, 2.75) is 57.8 Å². The quantitative estimate of drug-likeness (QED) is 0.377. The lowest BCUT2D eigenvalue weighted by Crippen LogP contribution is -2.71. The van der Waals surface area contributed by atoms with Crippen LogP contribution in [0.25, 0.3) is 17.0 Å². The predicted molar refractivity (Wildman–Crippen MR) is 126 cm³/mol. The minimum absolute atomic E-state index is 0.0465. The lowest BCUT2D eigenvalue weighted by atomic mass is 9.34. The van der Waals surface area contributed by atoms with Gasteiger partial charge in [-0.1, -0.05) is 30.4 Å². The number of rotatable bonds is 4. The summed E-state index contributed by atoms with van der Waals surface area (Å²) in [5, 5.41) is 1.02.